The van der Waals surface area contributed by atoms with E-state index < -0.39 is 11.6 Å². The zero-order valence-corrected chi connectivity index (χ0v) is 10.2. The van der Waals surface area contributed by atoms with E-state index in [1.54, 1.807) is 11.4 Å². The Balaban J connectivity index is 2.07. The molecule has 0 aliphatic rings. The average molecular weight is 279 g/mol. The second kappa shape index (κ2) is 4.43. The Hall–Kier alpha value is -2.28. The van der Waals surface area contributed by atoms with Gasteiger partial charge in [0.1, 0.15) is 10.6 Å². The van der Waals surface area contributed by atoms with E-state index in [1.165, 1.54) is 17.4 Å². The molecular weight excluding hydrogens is 272 g/mol. The maximum absolute atomic E-state index is 13.5. The Labute approximate surface area is 110 Å². The zero-order chi connectivity index (χ0) is 13.4. The normalized spacial score (nSPS) is 10.8. The summed E-state index contributed by atoms with van der Waals surface area (Å²) in [6, 6.07) is 4.79. The van der Waals surface area contributed by atoms with Crippen molar-refractivity contribution in [1.29, 1.82) is 0 Å². The number of hydrogen-bond acceptors (Lipinski definition) is 5. The van der Waals surface area contributed by atoms with Gasteiger partial charge in [-0.2, -0.15) is 4.98 Å². The molecule has 0 unspecified atom stereocenters. The van der Waals surface area contributed by atoms with Gasteiger partial charge in [-0.1, -0.05) is 0 Å². The Morgan fingerprint density at radius 2 is 2.00 bits per heavy atom. The minimum absolute atomic E-state index is 0.0347. The van der Waals surface area contributed by atoms with Gasteiger partial charge in [-0.3, -0.25) is 0 Å². The van der Waals surface area contributed by atoms with Crippen molar-refractivity contribution in [3.8, 4) is 11.6 Å². The molecular formula is C12H7F2N3OS. The molecule has 3 aromatic rings. The number of fused-ring (bicyclic) bond motifs is 1. The van der Waals surface area contributed by atoms with Crippen LogP contribution in [0.3, 0.4) is 0 Å². The molecule has 96 valence electrons. The summed E-state index contributed by atoms with van der Waals surface area (Å²) in [7, 11) is 0. The van der Waals surface area contributed by atoms with E-state index >= 15 is 0 Å². The number of aromatic nitrogens is 2. The molecule has 0 spiro atoms. The lowest BCUT2D eigenvalue weighted by molar-refractivity contribution is 0.428. The van der Waals surface area contributed by atoms with Gasteiger partial charge in [0.05, 0.1) is 5.39 Å². The first-order chi connectivity index (χ1) is 9.13. The van der Waals surface area contributed by atoms with Crippen LogP contribution in [0.1, 0.15) is 0 Å². The van der Waals surface area contributed by atoms with Crippen molar-refractivity contribution in [2.24, 2.45) is 0 Å². The number of rotatable bonds is 2. The van der Waals surface area contributed by atoms with Crippen molar-refractivity contribution in [2.75, 3.05) is 5.73 Å². The molecule has 7 heteroatoms. The third kappa shape index (κ3) is 2.19. The van der Waals surface area contributed by atoms with Crippen molar-refractivity contribution >= 4 is 27.5 Å². The number of nitrogen functional groups attached to an aromatic ring is 1. The predicted octanol–water partition coefficient (Wildman–Crippen LogP) is 3.34. The molecule has 0 atom stereocenters. The summed E-state index contributed by atoms with van der Waals surface area (Å²) < 4.78 is 31.7. The van der Waals surface area contributed by atoms with Gasteiger partial charge < -0.3 is 10.5 Å². The lowest BCUT2D eigenvalue weighted by atomic mass is 10.3. The van der Waals surface area contributed by atoms with Crippen LogP contribution in [0, 0.1) is 11.6 Å². The highest BCUT2D eigenvalue weighted by Crippen LogP contribution is 2.31. The fraction of sp³-hybridized carbons (Fsp3) is 0. The summed E-state index contributed by atoms with van der Waals surface area (Å²) >= 11 is 1.37. The van der Waals surface area contributed by atoms with E-state index in [0.29, 0.717) is 10.2 Å². The van der Waals surface area contributed by atoms with E-state index in [9.17, 15) is 8.78 Å². The summed E-state index contributed by atoms with van der Waals surface area (Å²) in [6.45, 7) is 0. The number of hydrogen-bond donors (Lipinski definition) is 1. The monoisotopic (exact) mass is 279 g/mol. The van der Waals surface area contributed by atoms with Crippen molar-refractivity contribution < 1.29 is 13.5 Å². The summed E-state index contributed by atoms with van der Waals surface area (Å²) in [5.41, 5.74) is 5.55. The Bertz CT molecular complexity index is 760. The number of anilines is 1. The van der Waals surface area contributed by atoms with Gasteiger partial charge in [-0.05, 0) is 23.6 Å². The van der Waals surface area contributed by atoms with E-state index in [1.807, 2.05) is 0 Å². The van der Waals surface area contributed by atoms with E-state index in [2.05, 4.69) is 9.97 Å². The van der Waals surface area contributed by atoms with Crippen molar-refractivity contribution in [1.82, 2.24) is 9.97 Å². The third-order valence-electron chi connectivity index (χ3n) is 2.41. The Morgan fingerprint density at radius 3 is 2.79 bits per heavy atom. The minimum atomic E-state index is -0.805. The topological polar surface area (TPSA) is 61.0 Å². The molecule has 2 N–H and O–H groups in total. The molecule has 0 radical (unpaired) electrons. The van der Waals surface area contributed by atoms with Crippen LogP contribution < -0.4 is 10.5 Å². The predicted molar refractivity (Wildman–Crippen MR) is 68.3 cm³/mol. The van der Waals surface area contributed by atoms with Crippen LogP contribution in [-0.4, -0.2) is 9.97 Å². The molecule has 0 amide bonds. The quantitative estimate of drug-likeness (QED) is 0.781. The zero-order valence-electron chi connectivity index (χ0n) is 9.43. The minimum Gasteiger partial charge on any atom is -0.435 e. The second-order valence-corrected chi connectivity index (χ2v) is 4.60. The molecule has 0 aliphatic heterocycles. The first-order valence-corrected chi connectivity index (χ1v) is 6.15. The van der Waals surface area contributed by atoms with Crippen LogP contribution in [0.5, 0.6) is 11.6 Å². The summed E-state index contributed by atoms with van der Waals surface area (Å²) in [6.07, 6.45) is 0. The molecule has 0 aliphatic carbocycles. The molecule has 0 bridgehead atoms. The number of nitrogens with zero attached hydrogens (tertiary/aromatic N) is 2. The van der Waals surface area contributed by atoms with Gasteiger partial charge >= 0.3 is 0 Å². The summed E-state index contributed by atoms with van der Waals surface area (Å²) in [4.78, 5) is 8.59. The Kier molecular flexibility index (Phi) is 2.75. The van der Waals surface area contributed by atoms with Crippen LogP contribution in [0.25, 0.3) is 10.2 Å². The van der Waals surface area contributed by atoms with E-state index in [-0.39, 0.29) is 17.6 Å². The largest absolute Gasteiger partial charge is 0.435 e. The molecule has 2 heterocycles. The number of benzene rings is 1. The Morgan fingerprint density at radius 1 is 1.16 bits per heavy atom. The fourth-order valence-electron chi connectivity index (χ4n) is 1.58. The van der Waals surface area contributed by atoms with Gasteiger partial charge in [0, 0.05) is 6.07 Å². The van der Waals surface area contributed by atoms with Gasteiger partial charge in [-0.15, -0.1) is 11.3 Å². The van der Waals surface area contributed by atoms with Gasteiger partial charge in [0.15, 0.2) is 11.6 Å². The van der Waals surface area contributed by atoms with Crippen LogP contribution in [0.4, 0.5) is 14.7 Å². The molecule has 2 aromatic heterocycles. The number of halogens is 2. The smallest absolute Gasteiger partial charge is 0.233 e. The van der Waals surface area contributed by atoms with Crippen molar-refractivity contribution in [3.05, 3.63) is 41.3 Å². The SMILES string of the molecule is Nc1nc(Oc2ccc(F)cc2F)c2ccsc2n1. The number of ether oxygens (including phenoxy) is 1. The number of nitrogens with two attached hydrogens (primary N) is 1. The fourth-order valence-corrected chi connectivity index (χ4v) is 2.35. The van der Waals surface area contributed by atoms with Crippen molar-refractivity contribution in [2.45, 2.75) is 0 Å². The van der Waals surface area contributed by atoms with Crippen LogP contribution in [0.15, 0.2) is 29.6 Å². The molecule has 3 rings (SSSR count). The first-order valence-electron chi connectivity index (χ1n) is 5.27. The van der Waals surface area contributed by atoms with Crippen LogP contribution >= 0.6 is 11.3 Å². The maximum Gasteiger partial charge on any atom is 0.233 e. The summed E-state index contributed by atoms with van der Waals surface area (Å²) in [5.74, 6) is -1.41. The molecule has 0 saturated heterocycles. The molecule has 1 aromatic carbocycles. The van der Waals surface area contributed by atoms with E-state index in [0.717, 1.165) is 12.1 Å². The first kappa shape index (κ1) is 11.8. The highest BCUT2D eigenvalue weighted by Gasteiger charge is 2.12. The van der Waals surface area contributed by atoms with Gasteiger partial charge in [-0.25, -0.2) is 13.8 Å². The molecule has 19 heavy (non-hydrogen) atoms. The lowest BCUT2D eigenvalue weighted by Gasteiger charge is -2.07. The average Bonchev–Trinajstić information content (AvgIpc) is 2.80. The van der Waals surface area contributed by atoms with Crippen LogP contribution in [0.2, 0.25) is 0 Å². The van der Waals surface area contributed by atoms with Gasteiger partial charge in [0.2, 0.25) is 11.8 Å². The molecule has 4 nitrogen and oxygen atoms in total. The highest BCUT2D eigenvalue weighted by atomic mass is 32.1. The van der Waals surface area contributed by atoms with Crippen LogP contribution in [-0.2, 0) is 0 Å². The second-order valence-electron chi connectivity index (χ2n) is 3.70. The third-order valence-corrected chi connectivity index (χ3v) is 3.21. The maximum atomic E-state index is 13.5. The standard InChI is InChI=1S/C12H7F2N3OS/c13-6-1-2-9(8(14)5-6)18-10-7-3-4-19-11(7)17-12(15)16-10/h1-5H,(H2,15,16,17). The highest BCUT2D eigenvalue weighted by molar-refractivity contribution is 7.16. The number of thiophene rings is 1. The molecule has 0 fully saturated rings. The van der Waals surface area contributed by atoms with Gasteiger partial charge in [0.25, 0.3) is 0 Å². The lowest BCUT2D eigenvalue weighted by Crippen LogP contribution is -1.98. The summed E-state index contributed by atoms with van der Waals surface area (Å²) in [5, 5.41) is 2.43. The van der Waals surface area contributed by atoms with Crippen molar-refractivity contribution in [3.63, 3.8) is 0 Å². The van der Waals surface area contributed by atoms with E-state index in [4.69, 9.17) is 10.5 Å². The molecule has 0 saturated carbocycles.